The van der Waals surface area contributed by atoms with E-state index in [9.17, 15) is 4.79 Å². The van der Waals surface area contributed by atoms with Crippen LogP contribution in [0.25, 0.3) is 0 Å². The lowest BCUT2D eigenvalue weighted by molar-refractivity contribution is 0.0935. The molecule has 2 heterocycles. The molecule has 0 saturated heterocycles. The second-order valence-electron chi connectivity index (χ2n) is 6.14. The fraction of sp³-hybridized carbons (Fsp3) is 0.625. The maximum atomic E-state index is 12.6. The number of carbonyl (C=O) groups excluding carboxylic acids is 1. The van der Waals surface area contributed by atoms with Gasteiger partial charge >= 0.3 is 0 Å². The molecule has 1 amide bonds. The Morgan fingerprint density at radius 1 is 1.48 bits per heavy atom. The fourth-order valence-corrected chi connectivity index (χ4v) is 3.31. The van der Waals surface area contributed by atoms with E-state index in [1.165, 1.54) is 12.8 Å². The molecule has 7 nitrogen and oxygen atoms in total. The highest BCUT2D eigenvalue weighted by molar-refractivity contribution is 5.96. The van der Waals surface area contributed by atoms with Crippen LogP contribution in [-0.2, 0) is 6.42 Å². The van der Waals surface area contributed by atoms with Gasteiger partial charge in [-0.1, -0.05) is 24.9 Å². The van der Waals surface area contributed by atoms with Crippen molar-refractivity contribution in [2.24, 2.45) is 0 Å². The van der Waals surface area contributed by atoms with E-state index >= 15 is 0 Å². The van der Waals surface area contributed by atoms with Crippen LogP contribution in [0, 0.1) is 6.92 Å². The van der Waals surface area contributed by atoms with E-state index in [4.69, 9.17) is 4.52 Å². The molecule has 1 aliphatic carbocycles. The molecule has 1 fully saturated rings. The Balaban J connectivity index is 1.77. The summed E-state index contributed by atoms with van der Waals surface area (Å²) in [5, 5.41) is 15.2. The molecular formula is C16H23N5O2. The number of rotatable bonds is 5. The van der Waals surface area contributed by atoms with Crippen molar-refractivity contribution in [3.05, 3.63) is 29.2 Å². The van der Waals surface area contributed by atoms with Crippen LogP contribution < -0.4 is 5.32 Å². The van der Waals surface area contributed by atoms with Crippen molar-refractivity contribution in [2.75, 3.05) is 0 Å². The Labute approximate surface area is 135 Å². The van der Waals surface area contributed by atoms with Crippen molar-refractivity contribution >= 4 is 5.91 Å². The van der Waals surface area contributed by atoms with Gasteiger partial charge in [0.2, 0.25) is 0 Å². The normalized spacial score (nSPS) is 16.7. The van der Waals surface area contributed by atoms with Crippen molar-refractivity contribution in [1.82, 2.24) is 25.2 Å². The van der Waals surface area contributed by atoms with Crippen LogP contribution in [0.1, 0.15) is 79.3 Å². The van der Waals surface area contributed by atoms with Crippen LogP contribution in [0.2, 0.25) is 0 Å². The van der Waals surface area contributed by atoms with E-state index in [0.29, 0.717) is 29.5 Å². The molecule has 1 aliphatic rings. The van der Waals surface area contributed by atoms with Crippen LogP contribution in [0.15, 0.2) is 10.9 Å². The predicted molar refractivity (Wildman–Crippen MR) is 84.0 cm³/mol. The summed E-state index contributed by atoms with van der Waals surface area (Å²) in [5.41, 5.74) is 1.22. The fourth-order valence-electron chi connectivity index (χ4n) is 3.31. The number of hydrogen-bond donors (Lipinski definition) is 1. The maximum absolute atomic E-state index is 12.6. The molecule has 0 aliphatic heterocycles. The summed E-state index contributed by atoms with van der Waals surface area (Å²) in [5.74, 6) is 1.18. The summed E-state index contributed by atoms with van der Waals surface area (Å²) in [4.78, 5) is 12.6. The third-order valence-electron chi connectivity index (χ3n) is 4.55. The van der Waals surface area contributed by atoms with Crippen molar-refractivity contribution < 1.29 is 9.32 Å². The zero-order chi connectivity index (χ0) is 16.4. The zero-order valence-corrected chi connectivity index (χ0v) is 13.9. The average Bonchev–Trinajstić information content (AvgIpc) is 3.26. The lowest BCUT2D eigenvalue weighted by atomic mass is 10.1. The Morgan fingerprint density at radius 3 is 2.91 bits per heavy atom. The van der Waals surface area contributed by atoms with Gasteiger partial charge < -0.3 is 14.4 Å². The number of aromatic nitrogens is 4. The van der Waals surface area contributed by atoms with E-state index in [0.717, 1.165) is 18.7 Å². The highest BCUT2D eigenvalue weighted by Gasteiger charge is 2.25. The number of hydrogen-bond acceptors (Lipinski definition) is 5. The number of carbonyl (C=O) groups is 1. The summed E-state index contributed by atoms with van der Waals surface area (Å²) < 4.78 is 7.25. The first-order valence-electron chi connectivity index (χ1n) is 8.27. The molecule has 0 aromatic carbocycles. The quantitative estimate of drug-likeness (QED) is 0.916. The van der Waals surface area contributed by atoms with Gasteiger partial charge in [0, 0.05) is 6.04 Å². The van der Waals surface area contributed by atoms with E-state index in [2.05, 4.69) is 25.2 Å². The van der Waals surface area contributed by atoms with Gasteiger partial charge in [-0.25, -0.2) is 0 Å². The van der Waals surface area contributed by atoms with Crippen molar-refractivity contribution in [3.8, 4) is 0 Å². The molecule has 7 heteroatoms. The molecule has 0 spiro atoms. The third-order valence-corrected chi connectivity index (χ3v) is 4.55. The van der Waals surface area contributed by atoms with Gasteiger partial charge in [-0.2, -0.15) is 0 Å². The van der Waals surface area contributed by atoms with Crippen LogP contribution in [0.3, 0.4) is 0 Å². The van der Waals surface area contributed by atoms with Gasteiger partial charge in [0.1, 0.15) is 17.7 Å². The Kier molecular flexibility index (Phi) is 4.45. The van der Waals surface area contributed by atoms with E-state index in [1.54, 1.807) is 13.3 Å². The van der Waals surface area contributed by atoms with Crippen LogP contribution in [0.5, 0.6) is 0 Å². The summed E-state index contributed by atoms with van der Waals surface area (Å²) in [6.45, 7) is 5.64. The summed E-state index contributed by atoms with van der Waals surface area (Å²) in [7, 11) is 0. The van der Waals surface area contributed by atoms with Gasteiger partial charge in [-0.3, -0.25) is 4.79 Å². The van der Waals surface area contributed by atoms with Crippen molar-refractivity contribution in [2.45, 2.75) is 65.0 Å². The van der Waals surface area contributed by atoms with Crippen LogP contribution in [0.4, 0.5) is 0 Å². The highest BCUT2D eigenvalue weighted by atomic mass is 16.5. The second-order valence-corrected chi connectivity index (χ2v) is 6.14. The van der Waals surface area contributed by atoms with Gasteiger partial charge in [-0.15, -0.1) is 10.2 Å². The minimum absolute atomic E-state index is 0.172. The van der Waals surface area contributed by atoms with Gasteiger partial charge in [0.15, 0.2) is 5.82 Å². The molecule has 0 radical (unpaired) electrons. The first kappa shape index (κ1) is 15.7. The van der Waals surface area contributed by atoms with Gasteiger partial charge in [-0.05, 0) is 33.1 Å². The molecule has 23 heavy (non-hydrogen) atoms. The molecule has 2 aromatic heterocycles. The van der Waals surface area contributed by atoms with E-state index < -0.39 is 0 Å². The number of aryl methyl sites for hydroxylation is 2. The molecule has 1 saturated carbocycles. The minimum Gasteiger partial charge on any atom is -0.361 e. The molecule has 2 aromatic rings. The van der Waals surface area contributed by atoms with Gasteiger partial charge in [0.05, 0.1) is 11.7 Å². The number of nitrogens with one attached hydrogen (secondary N) is 1. The Bertz CT molecular complexity index is 684. The molecule has 0 bridgehead atoms. The third kappa shape index (κ3) is 3.00. The van der Waals surface area contributed by atoms with Crippen molar-refractivity contribution in [3.63, 3.8) is 0 Å². The SMILES string of the molecule is CCc1noc(C)c1C(=O)N[C@H](C)c1nncn1C1CCCC1. The van der Waals surface area contributed by atoms with E-state index in [-0.39, 0.29) is 11.9 Å². The van der Waals surface area contributed by atoms with Gasteiger partial charge in [0.25, 0.3) is 5.91 Å². The van der Waals surface area contributed by atoms with Crippen LogP contribution >= 0.6 is 0 Å². The van der Waals surface area contributed by atoms with Crippen molar-refractivity contribution in [1.29, 1.82) is 0 Å². The first-order valence-corrected chi connectivity index (χ1v) is 8.27. The lowest BCUT2D eigenvalue weighted by Crippen LogP contribution is -2.30. The first-order chi connectivity index (χ1) is 11.1. The second kappa shape index (κ2) is 6.52. The number of nitrogens with zero attached hydrogens (tertiary/aromatic N) is 4. The van der Waals surface area contributed by atoms with Crippen LogP contribution in [-0.4, -0.2) is 25.8 Å². The molecule has 1 atom stereocenters. The predicted octanol–water partition coefficient (Wildman–Crippen LogP) is 2.74. The Morgan fingerprint density at radius 2 is 2.22 bits per heavy atom. The standard InChI is InChI=1S/C16H23N5O2/c1-4-13-14(11(3)23-20-13)16(22)18-10(2)15-19-17-9-21(15)12-7-5-6-8-12/h9-10,12H,4-8H2,1-3H3,(H,18,22)/t10-/m1/s1. The summed E-state index contributed by atoms with van der Waals surface area (Å²) >= 11 is 0. The monoisotopic (exact) mass is 317 g/mol. The molecular weight excluding hydrogens is 294 g/mol. The minimum atomic E-state index is -0.218. The Hall–Kier alpha value is -2.18. The smallest absolute Gasteiger partial charge is 0.257 e. The summed E-state index contributed by atoms with van der Waals surface area (Å²) in [6.07, 6.45) is 7.21. The highest BCUT2D eigenvalue weighted by Crippen LogP contribution is 2.31. The molecule has 0 unspecified atom stereocenters. The zero-order valence-electron chi connectivity index (χ0n) is 13.9. The maximum Gasteiger partial charge on any atom is 0.257 e. The molecule has 3 rings (SSSR count). The lowest BCUT2D eigenvalue weighted by Gasteiger charge is -2.18. The number of amides is 1. The summed E-state index contributed by atoms with van der Waals surface area (Å²) in [6, 6.07) is 0.229. The largest absolute Gasteiger partial charge is 0.361 e. The molecule has 1 N–H and O–H groups in total. The van der Waals surface area contributed by atoms with E-state index in [1.807, 2.05) is 13.8 Å². The average molecular weight is 317 g/mol. The molecule has 124 valence electrons. The topological polar surface area (TPSA) is 85.8 Å².